The number of rotatable bonds is 3. The fraction of sp³-hybridized carbons (Fsp3) is 0.167. The molecule has 21 heavy (non-hydrogen) atoms. The Balaban J connectivity index is 1.98. The van der Waals surface area contributed by atoms with Crippen molar-refractivity contribution in [1.29, 1.82) is 0 Å². The van der Waals surface area contributed by atoms with E-state index in [0.29, 0.717) is 5.56 Å². The highest BCUT2D eigenvalue weighted by molar-refractivity contribution is 6.06. The van der Waals surface area contributed by atoms with E-state index < -0.39 is 6.10 Å². The molecule has 0 N–H and O–H groups in total. The standard InChI is InChI=1S/C18H16O3/c1-20-15-7-3-12(4-8-15)13-5-9-16-14(11-13)6-10-17(21-2)18(16)19/h3-11,17H,1-2H3. The van der Waals surface area contributed by atoms with E-state index >= 15 is 0 Å². The third-order valence-electron chi connectivity index (χ3n) is 3.70. The van der Waals surface area contributed by atoms with Crippen LogP contribution in [0.2, 0.25) is 0 Å². The van der Waals surface area contributed by atoms with Crippen LogP contribution in [0.3, 0.4) is 0 Å². The molecular formula is C18H16O3. The maximum atomic E-state index is 12.2. The number of hydrogen-bond acceptors (Lipinski definition) is 3. The van der Waals surface area contributed by atoms with Gasteiger partial charge in [0.1, 0.15) is 11.9 Å². The van der Waals surface area contributed by atoms with Crippen LogP contribution in [0.25, 0.3) is 17.2 Å². The van der Waals surface area contributed by atoms with Gasteiger partial charge in [-0.1, -0.05) is 30.3 Å². The normalized spacial score (nSPS) is 16.7. The highest BCUT2D eigenvalue weighted by Crippen LogP contribution is 2.28. The van der Waals surface area contributed by atoms with E-state index in [2.05, 4.69) is 0 Å². The lowest BCUT2D eigenvalue weighted by molar-refractivity contribution is 0.0717. The van der Waals surface area contributed by atoms with Crippen LogP contribution in [-0.2, 0) is 4.74 Å². The van der Waals surface area contributed by atoms with Crippen LogP contribution in [0, 0.1) is 0 Å². The second kappa shape index (κ2) is 5.54. The lowest BCUT2D eigenvalue weighted by atomic mass is 9.91. The minimum Gasteiger partial charge on any atom is -0.497 e. The van der Waals surface area contributed by atoms with Gasteiger partial charge in [-0.2, -0.15) is 0 Å². The molecule has 0 amide bonds. The van der Waals surface area contributed by atoms with Gasteiger partial charge >= 0.3 is 0 Å². The predicted octanol–water partition coefficient (Wildman–Crippen LogP) is 3.59. The van der Waals surface area contributed by atoms with E-state index in [9.17, 15) is 4.79 Å². The molecule has 0 bridgehead atoms. The molecule has 1 unspecified atom stereocenters. The molecule has 3 nitrogen and oxygen atoms in total. The first-order valence-electron chi connectivity index (χ1n) is 6.76. The SMILES string of the molecule is COc1ccc(-c2ccc3c(c2)C=CC(OC)C3=O)cc1. The van der Waals surface area contributed by atoms with E-state index in [0.717, 1.165) is 22.4 Å². The van der Waals surface area contributed by atoms with Crippen LogP contribution in [-0.4, -0.2) is 26.1 Å². The first-order chi connectivity index (χ1) is 10.2. The molecule has 0 aliphatic heterocycles. The number of ketones is 1. The minimum absolute atomic E-state index is 0.0104. The monoisotopic (exact) mass is 280 g/mol. The number of fused-ring (bicyclic) bond motifs is 1. The van der Waals surface area contributed by atoms with E-state index in [1.807, 2.05) is 48.5 Å². The van der Waals surface area contributed by atoms with Gasteiger partial charge in [0.25, 0.3) is 0 Å². The number of carbonyl (C=O) groups excluding carboxylic acids is 1. The molecule has 3 rings (SSSR count). The average molecular weight is 280 g/mol. The lowest BCUT2D eigenvalue weighted by Crippen LogP contribution is -2.24. The van der Waals surface area contributed by atoms with Crippen molar-refractivity contribution in [3.63, 3.8) is 0 Å². The Labute approximate surface area is 123 Å². The summed E-state index contributed by atoms with van der Waals surface area (Å²) in [5.41, 5.74) is 3.81. The molecule has 0 saturated heterocycles. The highest BCUT2D eigenvalue weighted by atomic mass is 16.5. The van der Waals surface area contributed by atoms with Gasteiger partial charge in [0.2, 0.25) is 0 Å². The van der Waals surface area contributed by atoms with Gasteiger partial charge in [0, 0.05) is 12.7 Å². The minimum atomic E-state index is -0.468. The molecule has 0 fully saturated rings. The molecule has 2 aromatic carbocycles. The van der Waals surface area contributed by atoms with Crippen LogP contribution in [0.4, 0.5) is 0 Å². The predicted molar refractivity (Wildman–Crippen MR) is 82.6 cm³/mol. The van der Waals surface area contributed by atoms with Crippen molar-refractivity contribution in [2.45, 2.75) is 6.10 Å². The molecule has 0 aromatic heterocycles. The van der Waals surface area contributed by atoms with Gasteiger partial charge in [0.15, 0.2) is 5.78 Å². The summed E-state index contributed by atoms with van der Waals surface area (Å²) in [6, 6.07) is 13.7. The average Bonchev–Trinajstić information content (AvgIpc) is 2.55. The summed E-state index contributed by atoms with van der Waals surface area (Å²) in [7, 11) is 3.19. The van der Waals surface area contributed by atoms with Crippen LogP contribution in [0.1, 0.15) is 15.9 Å². The van der Waals surface area contributed by atoms with Gasteiger partial charge in [-0.05, 0) is 41.0 Å². The van der Waals surface area contributed by atoms with E-state index in [1.165, 1.54) is 0 Å². The van der Waals surface area contributed by atoms with Crippen molar-refractivity contribution in [1.82, 2.24) is 0 Å². The van der Waals surface area contributed by atoms with Gasteiger partial charge in [-0.3, -0.25) is 4.79 Å². The Morgan fingerprint density at radius 3 is 2.33 bits per heavy atom. The molecule has 0 radical (unpaired) electrons. The fourth-order valence-corrected chi connectivity index (χ4v) is 2.51. The zero-order valence-corrected chi connectivity index (χ0v) is 12.0. The molecule has 0 heterocycles. The lowest BCUT2D eigenvalue weighted by Gasteiger charge is -2.17. The summed E-state index contributed by atoms with van der Waals surface area (Å²) in [6.45, 7) is 0. The van der Waals surface area contributed by atoms with Crippen LogP contribution < -0.4 is 4.74 Å². The van der Waals surface area contributed by atoms with E-state index in [1.54, 1.807) is 20.3 Å². The Morgan fingerprint density at radius 2 is 1.67 bits per heavy atom. The van der Waals surface area contributed by atoms with Crippen molar-refractivity contribution < 1.29 is 14.3 Å². The smallest absolute Gasteiger partial charge is 0.196 e. The van der Waals surface area contributed by atoms with Gasteiger partial charge in [-0.25, -0.2) is 0 Å². The van der Waals surface area contributed by atoms with Gasteiger partial charge in [-0.15, -0.1) is 0 Å². The molecule has 0 spiro atoms. The molecule has 0 saturated carbocycles. The maximum Gasteiger partial charge on any atom is 0.196 e. The highest BCUT2D eigenvalue weighted by Gasteiger charge is 2.23. The van der Waals surface area contributed by atoms with E-state index in [4.69, 9.17) is 9.47 Å². The number of benzene rings is 2. The summed E-state index contributed by atoms with van der Waals surface area (Å²) >= 11 is 0. The molecule has 106 valence electrons. The molecular weight excluding hydrogens is 264 g/mol. The van der Waals surface area contributed by atoms with Crippen molar-refractivity contribution >= 4 is 11.9 Å². The summed E-state index contributed by atoms with van der Waals surface area (Å²) in [5.74, 6) is 0.839. The van der Waals surface area contributed by atoms with Crippen LogP contribution in [0.5, 0.6) is 5.75 Å². The quantitative estimate of drug-likeness (QED) is 0.862. The molecule has 1 atom stereocenters. The topological polar surface area (TPSA) is 35.5 Å². The number of methoxy groups -OCH3 is 2. The van der Waals surface area contributed by atoms with Crippen LogP contribution in [0.15, 0.2) is 48.5 Å². The molecule has 2 aromatic rings. The summed E-state index contributed by atoms with van der Waals surface area (Å²) < 4.78 is 10.3. The summed E-state index contributed by atoms with van der Waals surface area (Å²) in [5, 5.41) is 0. The third kappa shape index (κ3) is 2.48. The van der Waals surface area contributed by atoms with Gasteiger partial charge in [0.05, 0.1) is 7.11 Å². The Hall–Kier alpha value is -2.39. The van der Waals surface area contributed by atoms with Crippen molar-refractivity contribution in [3.8, 4) is 16.9 Å². The second-order valence-corrected chi connectivity index (χ2v) is 4.91. The molecule has 1 aliphatic carbocycles. The Morgan fingerprint density at radius 1 is 0.952 bits per heavy atom. The van der Waals surface area contributed by atoms with Gasteiger partial charge < -0.3 is 9.47 Å². The number of hydrogen-bond donors (Lipinski definition) is 0. The zero-order valence-electron chi connectivity index (χ0n) is 12.0. The maximum absolute atomic E-state index is 12.2. The fourth-order valence-electron chi connectivity index (χ4n) is 2.51. The Bertz CT molecular complexity index is 699. The zero-order chi connectivity index (χ0) is 14.8. The van der Waals surface area contributed by atoms with E-state index in [-0.39, 0.29) is 5.78 Å². The van der Waals surface area contributed by atoms with Crippen molar-refractivity contribution in [2.24, 2.45) is 0 Å². The molecule has 1 aliphatic rings. The number of carbonyl (C=O) groups is 1. The number of Topliss-reactive ketones (excluding diaryl/α,β-unsaturated/α-hetero) is 1. The largest absolute Gasteiger partial charge is 0.497 e. The van der Waals surface area contributed by atoms with Crippen molar-refractivity contribution in [3.05, 3.63) is 59.7 Å². The summed E-state index contributed by atoms with van der Waals surface area (Å²) in [4.78, 5) is 12.2. The first-order valence-corrected chi connectivity index (χ1v) is 6.76. The third-order valence-corrected chi connectivity index (χ3v) is 3.70. The Kier molecular flexibility index (Phi) is 3.59. The molecule has 3 heteroatoms. The van der Waals surface area contributed by atoms with Crippen molar-refractivity contribution in [2.75, 3.05) is 14.2 Å². The second-order valence-electron chi connectivity index (χ2n) is 4.91. The van der Waals surface area contributed by atoms with Crippen LogP contribution >= 0.6 is 0 Å². The number of ether oxygens (including phenoxy) is 2. The summed E-state index contributed by atoms with van der Waals surface area (Å²) in [6.07, 6.45) is 3.27. The first kappa shape index (κ1) is 13.6.